The molecule has 2 heterocycles. The molecule has 27 heavy (non-hydrogen) atoms. The van der Waals surface area contributed by atoms with Crippen molar-refractivity contribution in [3.8, 4) is 11.3 Å². The highest BCUT2D eigenvalue weighted by atomic mass is 32.2. The molecule has 0 spiro atoms. The molecule has 0 saturated carbocycles. The van der Waals surface area contributed by atoms with Crippen LogP contribution in [0, 0.1) is 0 Å². The van der Waals surface area contributed by atoms with Gasteiger partial charge in [0.05, 0.1) is 5.75 Å². The van der Waals surface area contributed by atoms with E-state index >= 15 is 0 Å². The standard InChI is InChI=1S/C18H18N4O4S/c23-18(16-11-17(26-22-16)15-7-4-8-19-13-15)20-9-10-27(24,25)21-12-14-5-2-1-3-6-14/h1-8,11,13,21H,9-10,12H2,(H,20,23). The Balaban J connectivity index is 1.48. The molecule has 2 aromatic heterocycles. The van der Waals surface area contributed by atoms with Crippen LogP contribution in [-0.2, 0) is 16.6 Å². The van der Waals surface area contributed by atoms with Gasteiger partial charge in [-0.1, -0.05) is 35.5 Å². The van der Waals surface area contributed by atoms with Crippen LogP contribution in [0.3, 0.4) is 0 Å². The largest absolute Gasteiger partial charge is 0.355 e. The van der Waals surface area contributed by atoms with Crippen molar-refractivity contribution in [3.05, 3.63) is 72.2 Å². The van der Waals surface area contributed by atoms with E-state index in [0.29, 0.717) is 11.3 Å². The number of rotatable bonds is 8. The lowest BCUT2D eigenvalue weighted by Crippen LogP contribution is -2.34. The molecule has 0 aliphatic rings. The van der Waals surface area contributed by atoms with Crippen LogP contribution in [0.2, 0.25) is 0 Å². The summed E-state index contributed by atoms with van der Waals surface area (Å²) in [5.41, 5.74) is 1.62. The van der Waals surface area contributed by atoms with E-state index in [1.807, 2.05) is 30.3 Å². The average Bonchev–Trinajstić information content (AvgIpc) is 3.18. The maximum atomic E-state index is 12.1. The zero-order valence-corrected chi connectivity index (χ0v) is 15.1. The SMILES string of the molecule is O=C(NCCS(=O)(=O)NCc1ccccc1)c1cc(-c2cccnc2)on1. The number of pyridine rings is 1. The van der Waals surface area contributed by atoms with Gasteiger partial charge in [-0.2, -0.15) is 0 Å². The molecule has 3 aromatic rings. The zero-order chi connectivity index (χ0) is 19.1. The lowest BCUT2D eigenvalue weighted by atomic mass is 10.2. The first-order chi connectivity index (χ1) is 13.0. The molecule has 2 N–H and O–H groups in total. The number of amides is 1. The smallest absolute Gasteiger partial charge is 0.273 e. The molecule has 0 radical (unpaired) electrons. The van der Waals surface area contributed by atoms with Gasteiger partial charge < -0.3 is 9.84 Å². The van der Waals surface area contributed by atoms with Gasteiger partial charge in [0.1, 0.15) is 0 Å². The second-order valence-corrected chi connectivity index (χ2v) is 7.63. The molecular weight excluding hydrogens is 368 g/mol. The summed E-state index contributed by atoms with van der Waals surface area (Å²) in [6, 6.07) is 14.2. The fraction of sp³-hybridized carbons (Fsp3) is 0.167. The fourth-order valence-corrected chi connectivity index (χ4v) is 3.18. The maximum Gasteiger partial charge on any atom is 0.273 e. The van der Waals surface area contributed by atoms with E-state index in [2.05, 4.69) is 20.2 Å². The molecular formula is C18H18N4O4S. The Kier molecular flexibility index (Phi) is 5.94. The van der Waals surface area contributed by atoms with Crippen molar-refractivity contribution < 1.29 is 17.7 Å². The minimum absolute atomic E-state index is 0.0436. The molecule has 3 rings (SSSR count). The monoisotopic (exact) mass is 386 g/mol. The van der Waals surface area contributed by atoms with Gasteiger partial charge in [0.25, 0.3) is 5.91 Å². The van der Waals surface area contributed by atoms with Crippen molar-refractivity contribution >= 4 is 15.9 Å². The summed E-state index contributed by atoms with van der Waals surface area (Å²) in [5, 5.41) is 6.23. The summed E-state index contributed by atoms with van der Waals surface area (Å²) in [4.78, 5) is 16.1. The molecule has 0 saturated heterocycles. The van der Waals surface area contributed by atoms with E-state index in [-0.39, 0.29) is 24.5 Å². The molecule has 0 fully saturated rings. The normalized spacial score (nSPS) is 11.3. The summed E-state index contributed by atoms with van der Waals surface area (Å²) in [5.74, 6) is -0.337. The summed E-state index contributed by atoms with van der Waals surface area (Å²) >= 11 is 0. The lowest BCUT2D eigenvalue weighted by Gasteiger charge is -2.07. The third kappa shape index (κ3) is 5.47. The molecule has 0 aliphatic carbocycles. The molecule has 1 aromatic carbocycles. The molecule has 0 unspecified atom stereocenters. The van der Waals surface area contributed by atoms with Crippen LogP contribution in [0.4, 0.5) is 0 Å². The second kappa shape index (κ2) is 8.56. The van der Waals surface area contributed by atoms with Crippen molar-refractivity contribution in [3.63, 3.8) is 0 Å². The molecule has 8 nitrogen and oxygen atoms in total. The number of carbonyl (C=O) groups excluding carboxylic acids is 1. The van der Waals surface area contributed by atoms with Crippen molar-refractivity contribution in [2.24, 2.45) is 0 Å². The predicted molar refractivity (Wildman–Crippen MR) is 99.1 cm³/mol. The fourth-order valence-electron chi connectivity index (χ4n) is 2.28. The average molecular weight is 386 g/mol. The molecule has 1 amide bonds. The van der Waals surface area contributed by atoms with E-state index in [9.17, 15) is 13.2 Å². The Morgan fingerprint density at radius 2 is 1.93 bits per heavy atom. The van der Waals surface area contributed by atoms with Gasteiger partial charge in [-0.25, -0.2) is 13.1 Å². The quantitative estimate of drug-likeness (QED) is 0.608. The van der Waals surface area contributed by atoms with Crippen LogP contribution in [0.5, 0.6) is 0 Å². The zero-order valence-electron chi connectivity index (χ0n) is 14.3. The van der Waals surface area contributed by atoms with Gasteiger partial charge in [-0.3, -0.25) is 9.78 Å². The third-order valence-electron chi connectivity index (χ3n) is 3.68. The molecule has 140 valence electrons. The van der Waals surface area contributed by atoms with Crippen LogP contribution in [0.25, 0.3) is 11.3 Å². The van der Waals surface area contributed by atoms with Crippen LogP contribution in [-0.4, -0.2) is 36.8 Å². The lowest BCUT2D eigenvalue weighted by molar-refractivity contribution is 0.0947. The highest BCUT2D eigenvalue weighted by Crippen LogP contribution is 2.18. The van der Waals surface area contributed by atoms with E-state index in [4.69, 9.17) is 4.52 Å². The number of carbonyl (C=O) groups is 1. The molecule has 0 atom stereocenters. The van der Waals surface area contributed by atoms with E-state index < -0.39 is 15.9 Å². The van der Waals surface area contributed by atoms with Gasteiger partial charge in [-0.05, 0) is 17.7 Å². The molecule has 0 aliphatic heterocycles. The first kappa shape index (κ1) is 18.7. The van der Waals surface area contributed by atoms with Crippen LogP contribution >= 0.6 is 0 Å². The van der Waals surface area contributed by atoms with Crippen LogP contribution < -0.4 is 10.0 Å². The number of benzene rings is 1. The van der Waals surface area contributed by atoms with E-state index in [1.165, 1.54) is 6.07 Å². The Labute approximate surface area is 156 Å². The summed E-state index contributed by atoms with van der Waals surface area (Å²) < 4.78 is 31.6. The van der Waals surface area contributed by atoms with Crippen molar-refractivity contribution in [1.82, 2.24) is 20.2 Å². The maximum absolute atomic E-state index is 12.1. The number of sulfonamides is 1. The van der Waals surface area contributed by atoms with Crippen molar-refractivity contribution in [2.75, 3.05) is 12.3 Å². The Morgan fingerprint density at radius 1 is 1.11 bits per heavy atom. The Morgan fingerprint density at radius 3 is 2.67 bits per heavy atom. The van der Waals surface area contributed by atoms with Crippen molar-refractivity contribution in [1.29, 1.82) is 0 Å². The highest BCUT2D eigenvalue weighted by Gasteiger charge is 2.15. The first-order valence-electron chi connectivity index (χ1n) is 8.20. The summed E-state index contributed by atoms with van der Waals surface area (Å²) in [6.07, 6.45) is 3.22. The first-order valence-corrected chi connectivity index (χ1v) is 9.85. The van der Waals surface area contributed by atoms with Crippen LogP contribution in [0.1, 0.15) is 16.1 Å². The van der Waals surface area contributed by atoms with E-state index in [1.54, 1.807) is 24.5 Å². The van der Waals surface area contributed by atoms with Gasteiger partial charge in [0, 0.05) is 37.1 Å². The summed E-state index contributed by atoms with van der Waals surface area (Å²) in [7, 11) is -3.51. The third-order valence-corrected chi connectivity index (χ3v) is 5.01. The second-order valence-electron chi connectivity index (χ2n) is 5.70. The van der Waals surface area contributed by atoms with Crippen LogP contribution in [0.15, 0.2) is 65.4 Å². The molecule has 0 bridgehead atoms. The Hall–Kier alpha value is -3.04. The van der Waals surface area contributed by atoms with E-state index in [0.717, 1.165) is 5.56 Å². The number of nitrogens with zero attached hydrogens (tertiary/aromatic N) is 2. The number of hydrogen-bond donors (Lipinski definition) is 2. The minimum Gasteiger partial charge on any atom is -0.355 e. The number of nitrogens with one attached hydrogen (secondary N) is 2. The summed E-state index contributed by atoms with van der Waals surface area (Å²) in [6.45, 7) is 0.160. The van der Waals surface area contributed by atoms with Gasteiger partial charge in [0.2, 0.25) is 10.0 Å². The van der Waals surface area contributed by atoms with Gasteiger partial charge in [-0.15, -0.1) is 0 Å². The molecule has 9 heteroatoms. The minimum atomic E-state index is -3.51. The highest BCUT2D eigenvalue weighted by molar-refractivity contribution is 7.89. The predicted octanol–water partition coefficient (Wildman–Crippen LogP) is 1.59. The number of aromatic nitrogens is 2. The number of hydrogen-bond acceptors (Lipinski definition) is 6. The van der Waals surface area contributed by atoms with Gasteiger partial charge in [0.15, 0.2) is 11.5 Å². The Bertz CT molecular complexity index is 988. The van der Waals surface area contributed by atoms with Gasteiger partial charge >= 0.3 is 0 Å². The van der Waals surface area contributed by atoms with Crippen molar-refractivity contribution in [2.45, 2.75) is 6.54 Å². The topological polar surface area (TPSA) is 114 Å².